The summed E-state index contributed by atoms with van der Waals surface area (Å²) in [5.74, 6) is -1.10. The summed E-state index contributed by atoms with van der Waals surface area (Å²) in [5, 5.41) is 3.18. The molecule has 0 saturated carbocycles. The third kappa shape index (κ3) is 4.77. The lowest BCUT2D eigenvalue weighted by molar-refractivity contribution is -0.123. The van der Waals surface area contributed by atoms with E-state index in [-0.39, 0.29) is 11.5 Å². The van der Waals surface area contributed by atoms with Gasteiger partial charge in [-0.2, -0.15) is 0 Å². The van der Waals surface area contributed by atoms with Gasteiger partial charge < -0.3 is 15.0 Å². The van der Waals surface area contributed by atoms with Crippen LogP contribution in [0.5, 0.6) is 0 Å². The van der Waals surface area contributed by atoms with Crippen molar-refractivity contribution >= 4 is 40.8 Å². The molecule has 1 atom stereocenters. The maximum Gasteiger partial charge on any atom is 0.338 e. The van der Waals surface area contributed by atoms with Gasteiger partial charge in [-0.15, -0.1) is 0 Å². The van der Waals surface area contributed by atoms with E-state index in [0.717, 1.165) is 17.5 Å². The fraction of sp³-hybridized carbons (Fsp3) is 0.318. The zero-order valence-electron chi connectivity index (χ0n) is 16.6. The van der Waals surface area contributed by atoms with Gasteiger partial charge in [-0.25, -0.2) is 4.79 Å². The Hall–Kier alpha value is -2.86. The molecule has 0 unspecified atom stereocenters. The fourth-order valence-electron chi connectivity index (χ4n) is 3.14. The molecule has 0 bridgehead atoms. The first-order valence-corrected chi connectivity index (χ1v) is 9.83. The topological polar surface area (TPSA) is 75.7 Å². The Kier molecular flexibility index (Phi) is 6.23. The number of rotatable bonds is 5. The van der Waals surface area contributed by atoms with E-state index >= 15 is 0 Å². The molecule has 0 aliphatic carbocycles. The van der Waals surface area contributed by atoms with Gasteiger partial charge in [0.15, 0.2) is 6.10 Å². The molecular weight excluding hydrogens is 392 g/mol. The van der Waals surface area contributed by atoms with Crippen molar-refractivity contribution in [3.05, 3.63) is 58.1 Å². The highest BCUT2D eigenvalue weighted by Gasteiger charge is 2.26. The third-order valence-corrected chi connectivity index (χ3v) is 5.17. The van der Waals surface area contributed by atoms with E-state index in [1.54, 1.807) is 11.0 Å². The summed E-state index contributed by atoms with van der Waals surface area (Å²) in [5.41, 5.74) is 3.33. The van der Waals surface area contributed by atoms with Gasteiger partial charge in [0.2, 0.25) is 5.91 Å². The number of carbonyl (C=O) groups is 3. The number of benzene rings is 2. The monoisotopic (exact) mass is 414 g/mol. The van der Waals surface area contributed by atoms with Crippen LogP contribution in [0.15, 0.2) is 36.4 Å². The predicted octanol–water partition coefficient (Wildman–Crippen LogP) is 4.27. The molecule has 6 nitrogen and oxygen atoms in total. The van der Waals surface area contributed by atoms with Crippen LogP contribution in [-0.2, 0) is 14.3 Å². The number of hydrogen-bond acceptors (Lipinski definition) is 4. The molecule has 1 heterocycles. The van der Waals surface area contributed by atoms with Gasteiger partial charge >= 0.3 is 5.97 Å². The van der Waals surface area contributed by atoms with Crippen LogP contribution in [0.4, 0.5) is 11.4 Å². The minimum atomic E-state index is -0.991. The van der Waals surface area contributed by atoms with Crippen molar-refractivity contribution in [3.8, 4) is 0 Å². The summed E-state index contributed by atoms with van der Waals surface area (Å²) in [7, 11) is 0. The molecule has 0 radical (unpaired) electrons. The van der Waals surface area contributed by atoms with Gasteiger partial charge in [-0.05, 0) is 62.6 Å². The minimum Gasteiger partial charge on any atom is -0.449 e. The van der Waals surface area contributed by atoms with E-state index in [1.165, 1.54) is 19.1 Å². The molecule has 1 saturated heterocycles. The first-order valence-electron chi connectivity index (χ1n) is 9.45. The summed E-state index contributed by atoms with van der Waals surface area (Å²) in [6.07, 6.45) is 0.218. The van der Waals surface area contributed by atoms with Crippen LogP contribution in [0.25, 0.3) is 0 Å². The molecule has 152 valence electrons. The SMILES string of the molecule is Cc1ccc(C)c(NC(=O)[C@H](C)OC(=O)c2ccc(Cl)c(N3CCCC3=O)c2)c1. The van der Waals surface area contributed by atoms with Gasteiger partial charge in [-0.1, -0.05) is 23.7 Å². The summed E-state index contributed by atoms with van der Waals surface area (Å²) < 4.78 is 5.33. The molecule has 7 heteroatoms. The van der Waals surface area contributed by atoms with Crippen LogP contribution in [0.2, 0.25) is 5.02 Å². The van der Waals surface area contributed by atoms with Crippen molar-refractivity contribution in [3.63, 3.8) is 0 Å². The molecule has 1 aliphatic rings. The van der Waals surface area contributed by atoms with Crippen LogP contribution in [-0.4, -0.2) is 30.4 Å². The number of carbonyl (C=O) groups excluding carboxylic acids is 3. The number of nitrogens with one attached hydrogen (secondary N) is 1. The number of aryl methyl sites for hydroxylation is 2. The Morgan fingerprint density at radius 2 is 1.93 bits per heavy atom. The van der Waals surface area contributed by atoms with Crippen molar-refractivity contribution < 1.29 is 19.1 Å². The van der Waals surface area contributed by atoms with Crippen molar-refractivity contribution in [1.29, 1.82) is 0 Å². The molecule has 1 fully saturated rings. The molecular formula is C22H23ClN2O4. The quantitative estimate of drug-likeness (QED) is 0.741. The fourth-order valence-corrected chi connectivity index (χ4v) is 3.36. The van der Waals surface area contributed by atoms with Crippen LogP contribution in [0.3, 0.4) is 0 Å². The first-order chi connectivity index (χ1) is 13.8. The molecule has 2 amide bonds. The molecule has 0 aromatic heterocycles. The molecule has 29 heavy (non-hydrogen) atoms. The molecule has 1 aliphatic heterocycles. The van der Waals surface area contributed by atoms with Crippen molar-refractivity contribution in [2.75, 3.05) is 16.8 Å². The molecule has 2 aromatic carbocycles. The maximum absolute atomic E-state index is 12.5. The Bertz CT molecular complexity index is 973. The average Bonchev–Trinajstić information content (AvgIpc) is 3.10. The zero-order chi connectivity index (χ0) is 21.1. The maximum atomic E-state index is 12.5. The van der Waals surface area contributed by atoms with Crippen molar-refractivity contribution in [2.45, 2.75) is 39.7 Å². The molecule has 0 spiro atoms. The first kappa shape index (κ1) is 20.9. The molecule has 2 aromatic rings. The second kappa shape index (κ2) is 8.66. The van der Waals surface area contributed by atoms with Gasteiger partial charge in [0.05, 0.1) is 16.3 Å². The number of anilines is 2. The zero-order valence-corrected chi connectivity index (χ0v) is 17.4. The van der Waals surface area contributed by atoms with Crippen molar-refractivity contribution in [2.24, 2.45) is 0 Å². The number of esters is 1. The molecule has 1 N–H and O–H groups in total. The van der Waals surface area contributed by atoms with E-state index in [1.807, 2.05) is 32.0 Å². The largest absolute Gasteiger partial charge is 0.449 e. The Morgan fingerprint density at radius 3 is 2.62 bits per heavy atom. The van der Waals surface area contributed by atoms with Crippen molar-refractivity contribution in [1.82, 2.24) is 0 Å². The smallest absolute Gasteiger partial charge is 0.338 e. The van der Waals surface area contributed by atoms with E-state index in [9.17, 15) is 14.4 Å². The van der Waals surface area contributed by atoms with Gasteiger partial charge in [-0.3, -0.25) is 9.59 Å². The lowest BCUT2D eigenvalue weighted by Gasteiger charge is -2.19. The normalized spacial score (nSPS) is 14.6. The minimum absolute atomic E-state index is 0.0290. The van der Waals surface area contributed by atoms with Gasteiger partial charge in [0.25, 0.3) is 5.91 Å². The Labute approximate surface area is 174 Å². The van der Waals surface area contributed by atoms with Crippen LogP contribution >= 0.6 is 11.6 Å². The van der Waals surface area contributed by atoms with Crippen LogP contribution < -0.4 is 10.2 Å². The Balaban J connectivity index is 1.70. The van der Waals surface area contributed by atoms with Gasteiger partial charge in [0, 0.05) is 18.7 Å². The lowest BCUT2D eigenvalue weighted by atomic mass is 10.1. The van der Waals surface area contributed by atoms with Gasteiger partial charge in [0.1, 0.15) is 0 Å². The number of nitrogens with zero attached hydrogens (tertiary/aromatic N) is 1. The number of hydrogen-bond donors (Lipinski definition) is 1. The highest BCUT2D eigenvalue weighted by atomic mass is 35.5. The summed E-state index contributed by atoms with van der Waals surface area (Å²) in [6, 6.07) is 10.3. The second-order valence-electron chi connectivity index (χ2n) is 7.17. The highest BCUT2D eigenvalue weighted by molar-refractivity contribution is 6.34. The number of amides is 2. The summed E-state index contributed by atoms with van der Waals surface area (Å²) in [6.45, 7) is 5.90. The molecule has 3 rings (SSSR count). The second-order valence-corrected chi connectivity index (χ2v) is 7.58. The van der Waals surface area contributed by atoms with E-state index in [2.05, 4.69) is 5.32 Å². The highest BCUT2D eigenvalue weighted by Crippen LogP contribution is 2.30. The van der Waals surface area contributed by atoms with E-state index in [4.69, 9.17) is 16.3 Å². The van der Waals surface area contributed by atoms with Crippen LogP contribution in [0.1, 0.15) is 41.3 Å². The third-order valence-electron chi connectivity index (χ3n) is 4.85. The lowest BCUT2D eigenvalue weighted by Crippen LogP contribution is -2.30. The Morgan fingerprint density at radius 1 is 1.17 bits per heavy atom. The predicted molar refractivity (Wildman–Crippen MR) is 112 cm³/mol. The summed E-state index contributed by atoms with van der Waals surface area (Å²) >= 11 is 6.21. The standard InChI is InChI=1S/C22H23ClN2O4/c1-13-6-7-14(2)18(11-13)24-21(27)15(3)29-22(28)16-8-9-17(23)19(12-16)25-10-4-5-20(25)26/h6-9,11-12,15H,4-5,10H2,1-3H3,(H,24,27)/t15-/m0/s1. The van der Waals surface area contributed by atoms with E-state index in [0.29, 0.717) is 29.4 Å². The van der Waals surface area contributed by atoms with Crippen LogP contribution in [0, 0.1) is 13.8 Å². The summed E-state index contributed by atoms with van der Waals surface area (Å²) in [4.78, 5) is 38.6. The van der Waals surface area contributed by atoms with E-state index < -0.39 is 18.0 Å². The average molecular weight is 415 g/mol. The number of halogens is 1. The number of ether oxygens (including phenoxy) is 1.